The van der Waals surface area contributed by atoms with Gasteiger partial charge in [0, 0.05) is 4.86 Å². The van der Waals surface area contributed by atoms with Crippen LogP contribution in [0.25, 0.3) is 0 Å². The van der Waals surface area contributed by atoms with Crippen molar-refractivity contribution < 1.29 is 9.47 Å². The van der Waals surface area contributed by atoms with E-state index in [0.29, 0.717) is 25.9 Å². The number of nitrogens with zero attached hydrogens (tertiary/aromatic N) is 1. The lowest BCUT2D eigenvalue weighted by Crippen LogP contribution is -2.30. The van der Waals surface area contributed by atoms with Gasteiger partial charge in [-0.15, -0.1) is 4.41 Å². The predicted molar refractivity (Wildman–Crippen MR) is 124 cm³/mol. The summed E-state index contributed by atoms with van der Waals surface area (Å²) in [4.78, 5) is 1.17. The van der Waals surface area contributed by atoms with Crippen LogP contribution >= 0.6 is 10.7 Å². The number of rotatable bonds is 9. The van der Waals surface area contributed by atoms with Gasteiger partial charge in [-0.25, -0.2) is 0 Å². The van der Waals surface area contributed by atoms with Crippen LogP contribution in [-0.4, -0.2) is 21.9 Å². The maximum absolute atomic E-state index is 6.11. The Bertz CT molecular complexity index is 991. The second-order valence-electron chi connectivity index (χ2n) is 6.94. The van der Waals surface area contributed by atoms with Crippen LogP contribution in [0.2, 0.25) is 0 Å². The van der Waals surface area contributed by atoms with Gasteiger partial charge >= 0.3 is 0 Å². The summed E-state index contributed by atoms with van der Waals surface area (Å²) in [7, 11) is -0.323. The van der Waals surface area contributed by atoms with Crippen molar-refractivity contribution in [2.24, 2.45) is 0 Å². The Kier molecular flexibility index (Phi) is 7.11. The quantitative estimate of drug-likeness (QED) is 0.388. The SMILES string of the molecule is C=C1NN(COCc2ccccc2)S(COCc2ccccc2)=C1c1ccccc1. The molecule has 1 atom stereocenters. The van der Waals surface area contributed by atoms with E-state index < -0.39 is 0 Å². The fraction of sp³-hybridized carbons (Fsp3) is 0.160. The number of hydrogen-bond acceptors (Lipinski definition) is 4. The smallest absolute Gasteiger partial charge is 0.127 e. The molecule has 1 unspecified atom stereocenters. The van der Waals surface area contributed by atoms with E-state index in [1.54, 1.807) is 0 Å². The molecule has 3 aromatic carbocycles. The highest BCUT2D eigenvalue weighted by Crippen LogP contribution is 2.32. The third kappa shape index (κ3) is 5.26. The van der Waals surface area contributed by atoms with Crippen molar-refractivity contribution in [3.63, 3.8) is 0 Å². The summed E-state index contributed by atoms with van der Waals surface area (Å²) in [5.74, 6) is 0.569. The summed E-state index contributed by atoms with van der Waals surface area (Å²) in [6, 6.07) is 30.8. The van der Waals surface area contributed by atoms with Gasteiger partial charge in [0.25, 0.3) is 0 Å². The molecule has 0 bridgehead atoms. The molecule has 0 fully saturated rings. The van der Waals surface area contributed by atoms with E-state index >= 15 is 0 Å². The minimum Gasteiger partial charge on any atom is -0.365 e. The molecule has 5 heteroatoms. The molecule has 1 heterocycles. The van der Waals surface area contributed by atoms with Crippen molar-refractivity contribution in [1.82, 2.24) is 9.84 Å². The topological polar surface area (TPSA) is 33.7 Å². The number of hydrogen-bond donors (Lipinski definition) is 1. The van der Waals surface area contributed by atoms with Crippen LogP contribution in [0.5, 0.6) is 0 Å². The van der Waals surface area contributed by atoms with Crippen LogP contribution in [0.3, 0.4) is 0 Å². The van der Waals surface area contributed by atoms with Crippen molar-refractivity contribution in [3.8, 4) is 0 Å². The Labute approximate surface area is 180 Å². The van der Waals surface area contributed by atoms with Gasteiger partial charge in [-0.1, -0.05) is 108 Å². The van der Waals surface area contributed by atoms with Crippen LogP contribution in [0, 0.1) is 0 Å². The van der Waals surface area contributed by atoms with E-state index in [1.165, 1.54) is 10.4 Å². The molecule has 0 aromatic heterocycles. The molecule has 0 radical (unpaired) electrons. The normalized spacial score (nSPS) is 16.6. The lowest BCUT2D eigenvalue weighted by atomic mass is 10.1. The van der Waals surface area contributed by atoms with E-state index in [4.69, 9.17) is 9.47 Å². The Balaban J connectivity index is 1.48. The van der Waals surface area contributed by atoms with Gasteiger partial charge in [0.05, 0.1) is 18.9 Å². The minimum absolute atomic E-state index is 0.323. The van der Waals surface area contributed by atoms with Gasteiger partial charge in [-0.3, -0.25) is 0 Å². The first-order valence-electron chi connectivity index (χ1n) is 9.91. The van der Waals surface area contributed by atoms with E-state index in [-0.39, 0.29) is 10.7 Å². The van der Waals surface area contributed by atoms with Crippen molar-refractivity contribution >= 4 is 15.5 Å². The second kappa shape index (κ2) is 10.4. The molecular weight excluding hydrogens is 392 g/mol. The molecular formula is C25H26N2O2S. The summed E-state index contributed by atoms with van der Waals surface area (Å²) >= 11 is 0. The highest BCUT2D eigenvalue weighted by molar-refractivity contribution is 8.14. The van der Waals surface area contributed by atoms with E-state index in [1.807, 2.05) is 42.5 Å². The molecule has 0 saturated heterocycles. The molecule has 1 N–H and O–H groups in total. The van der Waals surface area contributed by atoms with Crippen molar-refractivity contribution in [1.29, 1.82) is 0 Å². The van der Waals surface area contributed by atoms with E-state index in [2.05, 4.69) is 64.9 Å². The largest absolute Gasteiger partial charge is 0.365 e. The highest BCUT2D eigenvalue weighted by Gasteiger charge is 2.26. The fourth-order valence-electron chi connectivity index (χ4n) is 3.26. The number of ether oxygens (including phenoxy) is 2. The Morgan fingerprint density at radius 2 is 1.27 bits per heavy atom. The standard InChI is InChI=1S/C25H26N2O2S/c1-21-25(24-15-9-4-10-16-24)30(20-29-18-23-13-7-3-8-14-23)27(26-21)19-28-17-22-11-5-2-6-12-22/h2-16,26H,1,17-20H2. The van der Waals surface area contributed by atoms with E-state index in [9.17, 15) is 0 Å². The molecule has 4 rings (SSSR count). The van der Waals surface area contributed by atoms with E-state index in [0.717, 1.165) is 16.8 Å². The molecule has 0 spiro atoms. The molecule has 1 aliphatic heterocycles. The summed E-state index contributed by atoms with van der Waals surface area (Å²) < 4.78 is 14.2. The predicted octanol–water partition coefficient (Wildman–Crippen LogP) is 5.07. The fourth-order valence-corrected chi connectivity index (χ4v) is 5.13. The van der Waals surface area contributed by atoms with Crippen LogP contribution in [0.1, 0.15) is 16.7 Å². The first-order chi connectivity index (χ1) is 14.8. The zero-order chi connectivity index (χ0) is 20.6. The zero-order valence-electron chi connectivity index (χ0n) is 16.9. The summed E-state index contributed by atoms with van der Waals surface area (Å²) in [6.45, 7) is 5.84. The van der Waals surface area contributed by atoms with Crippen LogP contribution < -0.4 is 5.43 Å². The Hall–Kier alpha value is -2.70. The third-order valence-corrected chi connectivity index (χ3v) is 6.77. The van der Waals surface area contributed by atoms with Crippen molar-refractivity contribution in [2.45, 2.75) is 13.2 Å². The molecule has 154 valence electrons. The van der Waals surface area contributed by atoms with Gasteiger partial charge in [0.1, 0.15) is 12.7 Å². The van der Waals surface area contributed by atoms with Gasteiger partial charge in [0.2, 0.25) is 0 Å². The number of hydrazine groups is 1. The zero-order valence-corrected chi connectivity index (χ0v) is 17.7. The van der Waals surface area contributed by atoms with Gasteiger partial charge in [0.15, 0.2) is 0 Å². The van der Waals surface area contributed by atoms with Crippen LogP contribution in [0.15, 0.2) is 103 Å². The second-order valence-corrected chi connectivity index (χ2v) is 8.76. The summed E-state index contributed by atoms with van der Waals surface area (Å²) in [6.07, 6.45) is 0. The van der Waals surface area contributed by atoms with Gasteiger partial charge in [-0.05, 0) is 16.7 Å². The third-order valence-electron chi connectivity index (χ3n) is 4.70. The monoisotopic (exact) mass is 418 g/mol. The summed E-state index contributed by atoms with van der Waals surface area (Å²) in [5, 5.41) is 0. The van der Waals surface area contributed by atoms with Gasteiger partial charge < -0.3 is 14.9 Å². The van der Waals surface area contributed by atoms with Crippen LogP contribution in [-0.2, 0) is 22.7 Å². The average Bonchev–Trinajstić information content (AvgIpc) is 3.11. The first kappa shape index (κ1) is 20.6. The van der Waals surface area contributed by atoms with Crippen molar-refractivity contribution in [3.05, 3.63) is 120 Å². The highest BCUT2D eigenvalue weighted by atomic mass is 32.2. The first-order valence-corrected chi connectivity index (χ1v) is 11.3. The lowest BCUT2D eigenvalue weighted by Gasteiger charge is -2.21. The number of nitrogens with one attached hydrogen (secondary N) is 1. The Morgan fingerprint density at radius 1 is 0.733 bits per heavy atom. The molecule has 3 aromatic rings. The molecule has 4 nitrogen and oxygen atoms in total. The number of benzene rings is 3. The number of allylic oxidation sites excluding steroid dienone is 1. The molecule has 30 heavy (non-hydrogen) atoms. The average molecular weight is 419 g/mol. The summed E-state index contributed by atoms with van der Waals surface area (Å²) in [5.41, 5.74) is 7.78. The molecule has 0 saturated carbocycles. The minimum atomic E-state index is -0.323. The van der Waals surface area contributed by atoms with Gasteiger partial charge in [-0.2, -0.15) is 0 Å². The maximum atomic E-state index is 6.11. The molecule has 0 amide bonds. The van der Waals surface area contributed by atoms with Crippen molar-refractivity contribution in [2.75, 3.05) is 12.7 Å². The molecule has 1 aliphatic rings. The maximum Gasteiger partial charge on any atom is 0.127 e. The van der Waals surface area contributed by atoms with Crippen LogP contribution in [0.4, 0.5) is 0 Å². The Morgan fingerprint density at radius 3 is 1.87 bits per heavy atom. The molecule has 0 aliphatic carbocycles. The lowest BCUT2D eigenvalue weighted by molar-refractivity contribution is 0.0502.